The molecule has 0 heterocycles. The van der Waals surface area contributed by atoms with E-state index in [0.717, 1.165) is 4.47 Å². The van der Waals surface area contributed by atoms with Crippen molar-refractivity contribution in [2.45, 2.75) is 6.92 Å². The summed E-state index contributed by atoms with van der Waals surface area (Å²) in [6.07, 6.45) is 0. The molecule has 0 aromatic heterocycles. The van der Waals surface area contributed by atoms with Gasteiger partial charge in [0.1, 0.15) is 11.5 Å². The third-order valence-electron chi connectivity index (χ3n) is 3.06. The fourth-order valence-electron chi connectivity index (χ4n) is 1.88. The minimum Gasteiger partial charge on any atom is -0.493 e. The molecule has 6 nitrogen and oxygen atoms in total. The molecule has 0 aliphatic rings. The second-order valence-electron chi connectivity index (χ2n) is 4.94. The van der Waals surface area contributed by atoms with E-state index in [9.17, 15) is 9.59 Å². The molecule has 0 radical (unpaired) electrons. The molecule has 2 aromatic carbocycles. The molecule has 2 rings (SSSR count). The highest BCUT2D eigenvalue weighted by Gasteiger charge is 2.11. The predicted octanol–water partition coefficient (Wildman–Crippen LogP) is 4.21. The molecule has 2 aromatic rings. The Labute approximate surface area is 176 Å². The van der Waals surface area contributed by atoms with Crippen LogP contribution in [0.3, 0.4) is 0 Å². The first-order valence-electron chi connectivity index (χ1n) is 7.50. The number of carbonyl (C=O) groups is 2. The largest absolute Gasteiger partial charge is 0.493 e. The van der Waals surface area contributed by atoms with Gasteiger partial charge in [0.2, 0.25) is 0 Å². The maximum absolute atomic E-state index is 12.1. The van der Waals surface area contributed by atoms with Crippen LogP contribution in [0.4, 0.5) is 0 Å². The van der Waals surface area contributed by atoms with Crippen LogP contribution in [0.1, 0.15) is 17.3 Å². The Kier molecular flexibility index (Phi) is 7.92. The van der Waals surface area contributed by atoms with Gasteiger partial charge in [-0.05, 0) is 75.2 Å². The van der Waals surface area contributed by atoms with Gasteiger partial charge < -0.3 is 9.47 Å². The summed E-state index contributed by atoms with van der Waals surface area (Å²) in [6.45, 7) is 2.15. The summed E-state index contributed by atoms with van der Waals surface area (Å²) in [6, 6.07) is 10.2. The second-order valence-corrected chi connectivity index (χ2v) is 7.57. The number of ether oxygens (including phenoxy) is 2. The minimum atomic E-state index is -0.488. The van der Waals surface area contributed by atoms with Gasteiger partial charge in [-0.25, -0.2) is 0 Å². The zero-order valence-electron chi connectivity index (χ0n) is 13.6. The molecule has 0 aliphatic heterocycles. The van der Waals surface area contributed by atoms with Crippen molar-refractivity contribution in [1.82, 2.24) is 10.9 Å². The third kappa shape index (κ3) is 6.00. The number of halogens is 3. The average Bonchev–Trinajstić information content (AvgIpc) is 2.60. The predicted molar refractivity (Wildman–Crippen MR) is 108 cm³/mol. The van der Waals surface area contributed by atoms with Gasteiger partial charge >= 0.3 is 0 Å². The smallest absolute Gasteiger partial charge is 0.276 e. The summed E-state index contributed by atoms with van der Waals surface area (Å²) in [5, 5.41) is 0. The normalized spacial score (nSPS) is 10.2. The number of hydrazine groups is 1. The van der Waals surface area contributed by atoms with E-state index in [-0.39, 0.29) is 6.61 Å². The van der Waals surface area contributed by atoms with Gasteiger partial charge in [-0.3, -0.25) is 20.4 Å². The van der Waals surface area contributed by atoms with E-state index in [0.29, 0.717) is 32.6 Å². The van der Waals surface area contributed by atoms with Crippen molar-refractivity contribution in [2.75, 3.05) is 13.2 Å². The highest BCUT2D eigenvalue weighted by atomic mass is 79.9. The third-order valence-corrected chi connectivity index (χ3v) is 4.79. The van der Waals surface area contributed by atoms with Crippen LogP contribution in [0.15, 0.2) is 49.8 Å². The molecule has 26 heavy (non-hydrogen) atoms. The maximum Gasteiger partial charge on any atom is 0.276 e. The Morgan fingerprint density at radius 2 is 1.58 bits per heavy atom. The summed E-state index contributed by atoms with van der Waals surface area (Å²) < 4.78 is 13.0. The number of carbonyl (C=O) groups excluding carboxylic acids is 2. The SMILES string of the molecule is CCOc1ccc(C(=O)NNC(=O)COc2ccc(Br)cc2Br)cc1Br. The molecular formula is C17H15Br3N2O4. The summed E-state index contributed by atoms with van der Waals surface area (Å²) in [7, 11) is 0. The first-order chi connectivity index (χ1) is 12.4. The lowest BCUT2D eigenvalue weighted by atomic mass is 10.2. The molecule has 0 atom stereocenters. The molecule has 0 bridgehead atoms. The van der Waals surface area contributed by atoms with Crippen LogP contribution in [0, 0.1) is 0 Å². The summed E-state index contributed by atoms with van der Waals surface area (Å²) >= 11 is 10.0. The Morgan fingerprint density at radius 1 is 0.923 bits per heavy atom. The van der Waals surface area contributed by atoms with Crippen molar-refractivity contribution < 1.29 is 19.1 Å². The lowest BCUT2D eigenvalue weighted by Crippen LogP contribution is -2.43. The second kappa shape index (κ2) is 9.94. The van der Waals surface area contributed by atoms with E-state index >= 15 is 0 Å². The van der Waals surface area contributed by atoms with Gasteiger partial charge in [-0.1, -0.05) is 15.9 Å². The van der Waals surface area contributed by atoms with Crippen LogP contribution in [0.5, 0.6) is 11.5 Å². The van der Waals surface area contributed by atoms with E-state index in [2.05, 4.69) is 58.6 Å². The number of hydrogen-bond acceptors (Lipinski definition) is 4. The topological polar surface area (TPSA) is 76.7 Å². The maximum atomic E-state index is 12.1. The lowest BCUT2D eigenvalue weighted by molar-refractivity contribution is -0.123. The van der Waals surface area contributed by atoms with Crippen molar-refractivity contribution in [3.05, 3.63) is 55.4 Å². The van der Waals surface area contributed by atoms with Crippen molar-refractivity contribution in [3.63, 3.8) is 0 Å². The minimum absolute atomic E-state index is 0.243. The molecule has 138 valence electrons. The van der Waals surface area contributed by atoms with Crippen LogP contribution >= 0.6 is 47.8 Å². The van der Waals surface area contributed by atoms with Crippen molar-refractivity contribution in [2.24, 2.45) is 0 Å². The van der Waals surface area contributed by atoms with Gasteiger partial charge in [0, 0.05) is 10.0 Å². The van der Waals surface area contributed by atoms with Gasteiger partial charge in [-0.15, -0.1) is 0 Å². The molecule has 0 fully saturated rings. The average molecular weight is 551 g/mol. The summed E-state index contributed by atoms with van der Waals surface area (Å²) in [5.74, 6) is 0.219. The molecule has 0 spiro atoms. The van der Waals surface area contributed by atoms with Crippen molar-refractivity contribution in [3.8, 4) is 11.5 Å². The Hall–Kier alpha value is -1.58. The van der Waals surface area contributed by atoms with E-state index in [1.54, 1.807) is 36.4 Å². The van der Waals surface area contributed by atoms with Gasteiger partial charge in [-0.2, -0.15) is 0 Å². The fourth-order valence-corrected chi connectivity index (χ4v) is 3.54. The number of benzene rings is 2. The lowest BCUT2D eigenvalue weighted by Gasteiger charge is -2.11. The van der Waals surface area contributed by atoms with E-state index in [4.69, 9.17) is 9.47 Å². The highest BCUT2D eigenvalue weighted by Crippen LogP contribution is 2.28. The first-order valence-corrected chi connectivity index (χ1v) is 9.88. The molecule has 0 saturated carbocycles. The van der Waals surface area contributed by atoms with Crippen LogP contribution in [0.25, 0.3) is 0 Å². The standard InChI is InChI=1S/C17H15Br3N2O4/c1-2-25-14-5-3-10(7-12(14)19)17(24)22-21-16(23)9-26-15-6-4-11(18)8-13(15)20/h3-8H,2,9H2,1H3,(H,21,23)(H,22,24). The Balaban J connectivity index is 1.84. The molecule has 0 saturated heterocycles. The zero-order chi connectivity index (χ0) is 19.1. The number of nitrogens with one attached hydrogen (secondary N) is 2. The van der Waals surface area contributed by atoms with Crippen molar-refractivity contribution >= 4 is 59.6 Å². The van der Waals surface area contributed by atoms with E-state index in [1.165, 1.54) is 0 Å². The first kappa shape index (κ1) is 20.7. The molecule has 9 heteroatoms. The van der Waals surface area contributed by atoms with Crippen LogP contribution in [-0.2, 0) is 4.79 Å². The van der Waals surface area contributed by atoms with Crippen molar-refractivity contribution in [1.29, 1.82) is 0 Å². The Morgan fingerprint density at radius 3 is 2.23 bits per heavy atom. The summed E-state index contributed by atoms with van der Waals surface area (Å²) in [5.41, 5.74) is 5.02. The number of hydrogen-bond donors (Lipinski definition) is 2. The monoisotopic (exact) mass is 548 g/mol. The van der Waals surface area contributed by atoms with Gasteiger partial charge in [0.15, 0.2) is 6.61 Å². The molecule has 2 N–H and O–H groups in total. The summed E-state index contributed by atoms with van der Waals surface area (Å²) in [4.78, 5) is 23.9. The van der Waals surface area contributed by atoms with Crippen LogP contribution in [-0.4, -0.2) is 25.0 Å². The van der Waals surface area contributed by atoms with Crippen LogP contribution in [0.2, 0.25) is 0 Å². The van der Waals surface area contributed by atoms with E-state index in [1.807, 2.05) is 6.92 Å². The van der Waals surface area contributed by atoms with E-state index < -0.39 is 11.8 Å². The van der Waals surface area contributed by atoms with Crippen LogP contribution < -0.4 is 20.3 Å². The highest BCUT2D eigenvalue weighted by molar-refractivity contribution is 9.11. The molecule has 0 unspecified atom stereocenters. The molecule has 0 aliphatic carbocycles. The Bertz CT molecular complexity index is 815. The number of amides is 2. The van der Waals surface area contributed by atoms with Gasteiger partial charge in [0.25, 0.3) is 11.8 Å². The van der Waals surface area contributed by atoms with Gasteiger partial charge in [0.05, 0.1) is 15.6 Å². The fraction of sp³-hybridized carbons (Fsp3) is 0.176. The zero-order valence-corrected chi connectivity index (χ0v) is 18.4. The molecule has 2 amide bonds. The molecular weight excluding hydrogens is 536 g/mol. The quantitative estimate of drug-likeness (QED) is 0.528. The number of rotatable bonds is 6.